The van der Waals surface area contributed by atoms with Crippen LogP contribution in [0.2, 0.25) is 0 Å². The van der Waals surface area contributed by atoms with Crippen LogP contribution in [0.4, 0.5) is 0 Å². The maximum Gasteiger partial charge on any atom is 0.230 e. The molecule has 54 heavy (non-hydrogen) atoms. The zero-order chi connectivity index (χ0) is 36.0. The Bertz CT molecular complexity index is 3040. The summed E-state index contributed by atoms with van der Waals surface area (Å²) in [6, 6.07) is 59.4. The van der Waals surface area contributed by atoms with E-state index in [9.17, 15) is 0 Å². The molecule has 0 spiro atoms. The highest BCUT2D eigenvalue weighted by molar-refractivity contribution is 6.25. The molecule has 0 amide bonds. The van der Waals surface area contributed by atoms with Crippen molar-refractivity contribution in [3.05, 3.63) is 175 Å². The van der Waals surface area contributed by atoms with Crippen LogP contribution in [0, 0.1) is 5.41 Å². The molecule has 1 atom stereocenters. The summed E-state index contributed by atoms with van der Waals surface area (Å²) >= 11 is 0. The molecule has 0 aliphatic carbocycles. The second-order valence-corrected chi connectivity index (χ2v) is 15.5. The summed E-state index contributed by atoms with van der Waals surface area (Å²) in [6.45, 7) is 4.71. The summed E-state index contributed by atoms with van der Waals surface area (Å²) in [4.78, 5) is 11.2. The highest BCUT2D eigenvalue weighted by Crippen LogP contribution is 2.44. The predicted octanol–water partition coefficient (Wildman–Crippen LogP) is 12.9. The smallest absolute Gasteiger partial charge is 0.230 e. The minimum atomic E-state index is -0.101. The lowest BCUT2D eigenvalue weighted by Gasteiger charge is -2.34. The average Bonchev–Trinajstić information content (AvgIpc) is 3.85. The molecule has 0 fully saturated rings. The van der Waals surface area contributed by atoms with Crippen molar-refractivity contribution < 1.29 is 0 Å². The first-order valence-corrected chi connectivity index (χ1v) is 19.0. The third-order valence-electron chi connectivity index (χ3n) is 11.9. The molecule has 4 heteroatoms. The quantitative estimate of drug-likeness (QED) is 0.176. The van der Waals surface area contributed by atoms with Crippen molar-refractivity contribution in [1.82, 2.24) is 8.97 Å². The highest BCUT2D eigenvalue weighted by Gasteiger charge is 2.34. The molecule has 0 radical (unpaired) electrons. The summed E-state index contributed by atoms with van der Waals surface area (Å²) in [5.41, 5.74) is 11.8. The van der Waals surface area contributed by atoms with E-state index in [1.165, 1.54) is 65.6 Å². The molecule has 11 rings (SSSR count). The largest absolute Gasteiger partial charge is 0.308 e. The zero-order valence-corrected chi connectivity index (χ0v) is 30.4. The summed E-state index contributed by atoms with van der Waals surface area (Å²) in [5.74, 6) is 0.730. The maximum atomic E-state index is 5.65. The molecule has 0 N–H and O–H groups in total. The Labute approximate surface area is 313 Å². The molecule has 3 aromatic heterocycles. The standard InChI is InChI=1S/C50H38N4/c1-50(2)28-27-42(32-15-5-3-6-16-32)51-49(52-48(50)33-17-7-4-8-18-33)54-45-24-14-9-19-36(45)39-29-34(25-26-46(39)54)35-30-40-37-20-10-12-22-43(37)53-44-23-13-11-21-38(44)41(31-35)47(40)53/h3-26,29-31,48H,27-28H2,1-2H3/b51-42+,52-49?. The third-order valence-corrected chi connectivity index (χ3v) is 11.9. The van der Waals surface area contributed by atoms with Gasteiger partial charge in [0.15, 0.2) is 0 Å². The second-order valence-electron chi connectivity index (χ2n) is 15.5. The van der Waals surface area contributed by atoms with Gasteiger partial charge in [0.1, 0.15) is 0 Å². The number of para-hydroxylation sites is 3. The first-order valence-electron chi connectivity index (χ1n) is 19.0. The van der Waals surface area contributed by atoms with Gasteiger partial charge in [-0.15, -0.1) is 0 Å². The summed E-state index contributed by atoms with van der Waals surface area (Å²) < 4.78 is 4.75. The topological polar surface area (TPSA) is 34.1 Å². The van der Waals surface area contributed by atoms with Crippen molar-refractivity contribution in [2.75, 3.05) is 0 Å². The van der Waals surface area contributed by atoms with Crippen LogP contribution in [-0.2, 0) is 0 Å². The lowest BCUT2D eigenvalue weighted by Crippen LogP contribution is -2.27. The Morgan fingerprint density at radius 3 is 1.70 bits per heavy atom. The predicted molar refractivity (Wildman–Crippen MR) is 228 cm³/mol. The fourth-order valence-corrected chi connectivity index (χ4v) is 9.17. The van der Waals surface area contributed by atoms with Gasteiger partial charge in [0.25, 0.3) is 0 Å². The number of benzene rings is 7. The summed E-state index contributed by atoms with van der Waals surface area (Å²) in [7, 11) is 0. The van der Waals surface area contributed by atoms with Crippen LogP contribution in [0.3, 0.4) is 0 Å². The molecule has 0 bridgehead atoms. The van der Waals surface area contributed by atoms with Gasteiger partial charge in [-0.3, -0.25) is 4.57 Å². The number of nitrogens with zero attached hydrogens (tertiary/aromatic N) is 4. The van der Waals surface area contributed by atoms with E-state index in [4.69, 9.17) is 9.98 Å². The van der Waals surface area contributed by atoms with Gasteiger partial charge in [-0.05, 0) is 83.0 Å². The lowest BCUT2D eigenvalue weighted by molar-refractivity contribution is 0.271. The minimum absolute atomic E-state index is 0.0603. The molecule has 0 saturated carbocycles. The van der Waals surface area contributed by atoms with E-state index in [2.05, 4.69) is 187 Å². The normalized spacial score (nSPS) is 17.3. The van der Waals surface area contributed by atoms with Crippen LogP contribution in [0.25, 0.3) is 71.0 Å². The van der Waals surface area contributed by atoms with Crippen LogP contribution in [0.1, 0.15) is 43.9 Å². The van der Waals surface area contributed by atoms with Gasteiger partial charge in [-0.2, -0.15) is 0 Å². The van der Waals surface area contributed by atoms with Crippen LogP contribution in [0.5, 0.6) is 0 Å². The number of rotatable bonds is 3. The first-order chi connectivity index (χ1) is 26.5. The molecule has 7 aromatic carbocycles. The summed E-state index contributed by atoms with van der Waals surface area (Å²) in [6.07, 6.45) is 1.84. The van der Waals surface area contributed by atoms with Gasteiger partial charge in [-0.1, -0.05) is 135 Å². The molecular formula is C50H38N4. The highest BCUT2D eigenvalue weighted by atomic mass is 15.2. The Balaban J connectivity index is 1.16. The number of fused-ring (bicyclic) bond motifs is 9. The maximum absolute atomic E-state index is 5.65. The molecule has 1 aliphatic heterocycles. The van der Waals surface area contributed by atoms with E-state index in [1.54, 1.807) is 0 Å². The fraction of sp³-hybridized carbons (Fsp3) is 0.120. The van der Waals surface area contributed by atoms with Gasteiger partial charge in [0.05, 0.1) is 39.3 Å². The van der Waals surface area contributed by atoms with E-state index in [-0.39, 0.29) is 11.5 Å². The molecule has 1 unspecified atom stereocenters. The Kier molecular flexibility index (Phi) is 6.75. The van der Waals surface area contributed by atoms with Crippen LogP contribution in [-0.4, -0.2) is 20.6 Å². The first kappa shape index (κ1) is 31.0. The van der Waals surface area contributed by atoms with Gasteiger partial charge in [0.2, 0.25) is 5.96 Å². The van der Waals surface area contributed by atoms with Crippen molar-refractivity contribution in [2.45, 2.75) is 32.7 Å². The molecule has 1 aliphatic rings. The molecular weight excluding hydrogens is 657 g/mol. The SMILES string of the molecule is CC1(C)CC/C(c2ccccc2)=N\C(n2c3ccccc3c3cc(-c4cc5c6ccccc6n6c7ccccc7c(c4)c56)ccc32)=NC1c1ccccc1. The molecule has 258 valence electrons. The summed E-state index contributed by atoms with van der Waals surface area (Å²) in [5, 5.41) is 7.54. The van der Waals surface area contributed by atoms with E-state index in [1.807, 2.05) is 0 Å². The fourth-order valence-electron chi connectivity index (χ4n) is 9.17. The Morgan fingerprint density at radius 1 is 0.500 bits per heavy atom. The van der Waals surface area contributed by atoms with Crippen LogP contribution < -0.4 is 0 Å². The lowest BCUT2D eigenvalue weighted by atomic mass is 9.76. The third kappa shape index (κ3) is 4.63. The molecule has 0 saturated heterocycles. The number of aromatic nitrogens is 2. The monoisotopic (exact) mass is 694 g/mol. The number of hydrogen-bond acceptors (Lipinski definition) is 2. The minimum Gasteiger partial charge on any atom is -0.308 e. The van der Waals surface area contributed by atoms with Gasteiger partial charge < -0.3 is 4.40 Å². The molecule has 4 heterocycles. The van der Waals surface area contributed by atoms with Gasteiger partial charge in [0, 0.05) is 32.3 Å². The number of aliphatic imine (C=N–C) groups is 2. The van der Waals surface area contributed by atoms with Gasteiger partial charge in [-0.25, -0.2) is 9.98 Å². The van der Waals surface area contributed by atoms with Crippen LogP contribution in [0.15, 0.2) is 174 Å². The van der Waals surface area contributed by atoms with Crippen molar-refractivity contribution >= 4 is 71.6 Å². The van der Waals surface area contributed by atoms with E-state index >= 15 is 0 Å². The zero-order valence-electron chi connectivity index (χ0n) is 30.4. The van der Waals surface area contributed by atoms with E-state index < -0.39 is 0 Å². The average molecular weight is 695 g/mol. The van der Waals surface area contributed by atoms with E-state index in [0.29, 0.717) is 0 Å². The van der Waals surface area contributed by atoms with Crippen molar-refractivity contribution in [3.63, 3.8) is 0 Å². The second kappa shape index (κ2) is 11.7. The molecule has 4 nitrogen and oxygen atoms in total. The van der Waals surface area contributed by atoms with Crippen molar-refractivity contribution in [3.8, 4) is 11.1 Å². The van der Waals surface area contributed by atoms with Gasteiger partial charge >= 0.3 is 0 Å². The van der Waals surface area contributed by atoms with Crippen LogP contribution >= 0.6 is 0 Å². The Hall–Kier alpha value is -6.52. The Morgan fingerprint density at radius 2 is 1.04 bits per heavy atom. The number of hydrogen-bond donors (Lipinski definition) is 0. The van der Waals surface area contributed by atoms with Crippen molar-refractivity contribution in [1.29, 1.82) is 0 Å². The molecule has 10 aromatic rings. The van der Waals surface area contributed by atoms with Crippen molar-refractivity contribution in [2.24, 2.45) is 15.4 Å². The van der Waals surface area contributed by atoms with E-state index in [0.717, 1.165) is 41.1 Å².